The van der Waals surface area contributed by atoms with Crippen LogP contribution in [0.1, 0.15) is 0 Å². The second-order valence-corrected chi connectivity index (χ2v) is 13.0. The zero-order chi connectivity index (χ0) is 33.5. The zero-order valence-corrected chi connectivity index (χ0v) is 27.2. The molecule has 51 heavy (non-hydrogen) atoms. The minimum atomic E-state index is 0.591. The molecule has 7 aromatic carbocycles. The van der Waals surface area contributed by atoms with E-state index >= 15 is 0 Å². The molecule has 4 aromatic heterocycles. The van der Waals surface area contributed by atoms with Crippen molar-refractivity contribution in [1.82, 2.24) is 14.5 Å². The van der Waals surface area contributed by atoms with Crippen LogP contribution in [0.15, 0.2) is 173 Å². The predicted octanol–water partition coefficient (Wildman–Crippen LogP) is 12.4. The van der Waals surface area contributed by atoms with Gasteiger partial charge in [-0.05, 0) is 48.0 Å². The molecule has 11 aromatic rings. The molecule has 0 aliphatic carbocycles. The summed E-state index contributed by atoms with van der Waals surface area (Å²) in [6.45, 7) is 0. The lowest BCUT2D eigenvalue weighted by atomic mass is 9.97. The second kappa shape index (κ2) is 10.8. The largest absolute Gasteiger partial charge is 0.456 e. The Hall–Kier alpha value is -6.98. The Balaban J connectivity index is 1.31. The number of para-hydroxylation sites is 3. The quantitative estimate of drug-likeness (QED) is 0.190. The molecule has 5 nitrogen and oxygen atoms in total. The summed E-state index contributed by atoms with van der Waals surface area (Å²) in [5.74, 6) is 0.591. The monoisotopic (exact) mass is 653 g/mol. The Labute approximate surface area is 291 Å². The summed E-state index contributed by atoms with van der Waals surface area (Å²) < 4.78 is 15.2. The molecule has 0 bridgehead atoms. The van der Waals surface area contributed by atoms with Crippen LogP contribution in [-0.2, 0) is 0 Å². The Bertz CT molecular complexity index is 3080. The maximum atomic E-state index is 6.75. The highest BCUT2D eigenvalue weighted by molar-refractivity contribution is 6.27. The number of hydrogen-bond acceptors (Lipinski definition) is 4. The van der Waals surface area contributed by atoms with Gasteiger partial charge in [0.1, 0.15) is 22.3 Å². The Morgan fingerprint density at radius 2 is 0.980 bits per heavy atom. The Kier molecular flexibility index (Phi) is 5.89. The summed E-state index contributed by atoms with van der Waals surface area (Å²) in [4.78, 5) is 10.6. The van der Waals surface area contributed by atoms with Gasteiger partial charge < -0.3 is 8.83 Å². The van der Waals surface area contributed by atoms with E-state index in [1.807, 2.05) is 60.7 Å². The smallest absolute Gasteiger partial charge is 0.235 e. The van der Waals surface area contributed by atoms with Crippen molar-refractivity contribution in [1.29, 1.82) is 0 Å². The van der Waals surface area contributed by atoms with Crippen LogP contribution in [0, 0.1) is 0 Å². The molecule has 0 fully saturated rings. The minimum absolute atomic E-state index is 0.591. The van der Waals surface area contributed by atoms with Crippen LogP contribution in [-0.4, -0.2) is 14.5 Å². The van der Waals surface area contributed by atoms with Gasteiger partial charge >= 0.3 is 0 Å². The number of aromatic nitrogens is 3. The molecule has 11 rings (SSSR count). The first-order chi connectivity index (χ1) is 25.3. The van der Waals surface area contributed by atoms with Crippen molar-refractivity contribution in [3.05, 3.63) is 164 Å². The van der Waals surface area contributed by atoms with E-state index in [1.165, 1.54) is 0 Å². The summed E-state index contributed by atoms with van der Waals surface area (Å²) in [5, 5.41) is 6.41. The fourth-order valence-electron chi connectivity index (χ4n) is 7.70. The lowest BCUT2D eigenvalue weighted by molar-refractivity contribution is 0.669. The zero-order valence-electron chi connectivity index (χ0n) is 27.2. The van der Waals surface area contributed by atoms with Crippen LogP contribution < -0.4 is 0 Å². The molecular formula is C46H27N3O2. The van der Waals surface area contributed by atoms with Crippen LogP contribution in [0.3, 0.4) is 0 Å². The number of nitrogens with zero attached hydrogens (tertiary/aromatic N) is 3. The molecule has 0 amide bonds. The van der Waals surface area contributed by atoms with E-state index in [0.717, 1.165) is 99.3 Å². The fraction of sp³-hybridized carbons (Fsp3) is 0. The van der Waals surface area contributed by atoms with Crippen molar-refractivity contribution >= 4 is 65.7 Å². The Morgan fingerprint density at radius 1 is 0.412 bits per heavy atom. The van der Waals surface area contributed by atoms with Crippen molar-refractivity contribution in [2.75, 3.05) is 0 Å². The van der Waals surface area contributed by atoms with Gasteiger partial charge in [0.05, 0.1) is 27.8 Å². The maximum Gasteiger partial charge on any atom is 0.235 e. The van der Waals surface area contributed by atoms with Crippen molar-refractivity contribution in [2.24, 2.45) is 0 Å². The molecule has 0 N–H and O–H groups in total. The molecule has 5 heteroatoms. The average Bonchev–Trinajstić information content (AvgIpc) is 3.87. The van der Waals surface area contributed by atoms with Gasteiger partial charge in [-0.15, -0.1) is 0 Å². The number of fused-ring (bicyclic) bond motifs is 10. The molecule has 0 saturated heterocycles. The third-order valence-electron chi connectivity index (χ3n) is 10.0. The molecule has 0 saturated carbocycles. The summed E-state index contributed by atoms with van der Waals surface area (Å²) in [7, 11) is 0. The number of rotatable bonds is 4. The van der Waals surface area contributed by atoms with Crippen LogP contribution in [0.25, 0.3) is 105 Å². The van der Waals surface area contributed by atoms with Crippen molar-refractivity contribution < 1.29 is 8.83 Å². The lowest BCUT2D eigenvalue weighted by Crippen LogP contribution is -2.04. The third kappa shape index (κ3) is 4.22. The predicted molar refractivity (Wildman–Crippen MR) is 207 cm³/mol. The molecular weight excluding hydrogens is 627 g/mol. The minimum Gasteiger partial charge on any atom is -0.456 e. The third-order valence-corrected chi connectivity index (χ3v) is 10.0. The normalized spacial score (nSPS) is 11.9. The summed E-state index contributed by atoms with van der Waals surface area (Å²) in [6.07, 6.45) is 0. The van der Waals surface area contributed by atoms with Crippen molar-refractivity contribution in [3.8, 4) is 39.6 Å². The fourth-order valence-corrected chi connectivity index (χ4v) is 7.70. The van der Waals surface area contributed by atoms with E-state index in [2.05, 4.69) is 108 Å². The van der Waals surface area contributed by atoms with Gasteiger partial charge in [-0.1, -0.05) is 121 Å². The standard InChI is InChI=1S/C46H27N3O2/c1-3-13-28(14-4-1)37-27-38(29-15-5-2-6-16-29)48-46(47-37)49-39-20-10-7-19-33(39)43-44(49)34(26-36-32-18-9-12-22-41(32)51-45(36)43)30-23-24-42-35(25-30)31-17-8-11-21-40(31)50-42/h1-27H. The molecule has 0 spiro atoms. The number of hydrogen-bond donors (Lipinski definition) is 0. The van der Waals surface area contributed by atoms with Crippen LogP contribution in [0.5, 0.6) is 0 Å². The summed E-state index contributed by atoms with van der Waals surface area (Å²) in [6, 6.07) is 56.5. The van der Waals surface area contributed by atoms with E-state index < -0.39 is 0 Å². The van der Waals surface area contributed by atoms with Crippen LogP contribution in [0.4, 0.5) is 0 Å². The molecule has 0 radical (unpaired) electrons. The van der Waals surface area contributed by atoms with Crippen LogP contribution >= 0.6 is 0 Å². The van der Waals surface area contributed by atoms with Gasteiger partial charge in [0.2, 0.25) is 5.95 Å². The van der Waals surface area contributed by atoms with Gasteiger partial charge in [0.15, 0.2) is 0 Å². The van der Waals surface area contributed by atoms with E-state index in [-0.39, 0.29) is 0 Å². The molecule has 0 aliphatic rings. The average molecular weight is 654 g/mol. The molecule has 0 atom stereocenters. The number of benzene rings is 7. The van der Waals surface area contributed by atoms with E-state index in [1.54, 1.807) is 0 Å². The van der Waals surface area contributed by atoms with Gasteiger partial charge in [-0.25, -0.2) is 9.97 Å². The van der Waals surface area contributed by atoms with Gasteiger partial charge in [-0.3, -0.25) is 4.57 Å². The first kappa shape index (κ1) is 27.9. The maximum absolute atomic E-state index is 6.75. The first-order valence-corrected chi connectivity index (χ1v) is 17.1. The highest BCUT2D eigenvalue weighted by atomic mass is 16.3. The van der Waals surface area contributed by atoms with Crippen LogP contribution in [0.2, 0.25) is 0 Å². The topological polar surface area (TPSA) is 57.0 Å². The van der Waals surface area contributed by atoms with Gasteiger partial charge in [-0.2, -0.15) is 0 Å². The lowest BCUT2D eigenvalue weighted by Gasteiger charge is -2.14. The SMILES string of the molecule is c1ccc(-c2cc(-c3ccccc3)nc(-n3c4ccccc4c4c5oc6ccccc6c5cc(-c5ccc6oc7ccccc7c6c5)c43)n2)cc1. The highest BCUT2D eigenvalue weighted by Crippen LogP contribution is 2.46. The van der Waals surface area contributed by atoms with Gasteiger partial charge in [0, 0.05) is 43.6 Å². The summed E-state index contributed by atoms with van der Waals surface area (Å²) in [5.41, 5.74) is 11.3. The van der Waals surface area contributed by atoms with E-state index in [0.29, 0.717) is 5.95 Å². The van der Waals surface area contributed by atoms with E-state index in [4.69, 9.17) is 18.8 Å². The molecule has 0 aliphatic heterocycles. The second-order valence-electron chi connectivity index (χ2n) is 13.0. The Morgan fingerprint density at radius 3 is 1.69 bits per heavy atom. The first-order valence-electron chi connectivity index (χ1n) is 17.1. The molecule has 238 valence electrons. The van der Waals surface area contributed by atoms with Crippen molar-refractivity contribution in [2.45, 2.75) is 0 Å². The van der Waals surface area contributed by atoms with E-state index in [9.17, 15) is 0 Å². The van der Waals surface area contributed by atoms with Gasteiger partial charge in [0.25, 0.3) is 0 Å². The molecule has 4 heterocycles. The number of furan rings is 2. The van der Waals surface area contributed by atoms with Crippen molar-refractivity contribution in [3.63, 3.8) is 0 Å². The highest BCUT2D eigenvalue weighted by Gasteiger charge is 2.25. The molecule has 0 unspecified atom stereocenters. The summed E-state index contributed by atoms with van der Waals surface area (Å²) >= 11 is 0.